The van der Waals surface area contributed by atoms with Crippen LogP contribution in [0.1, 0.15) is 42.6 Å². The quantitative estimate of drug-likeness (QED) is 0.515. The number of thioether (sulfide) groups is 1. The number of benzene rings is 2. The van der Waals surface area contributed by atoms with Crippen molar-refractivity contribution in [3.8, 4) is 0 Å². The van der Waals surface area contributed by atoms with Crippen LogP contribution < -0.4 is 0 Å². The number of hydrogen-bond acceptors (Lipinski definition) is 5. The largest absolute Gasteiger partial charge is 0.373 e. The van der Waals surface area contributed by atoms with E-state index in [0.29, 0.717) is 23.9 Å². The number of nitrogens with one attached hydrogen (secondary N) is 1. The molecule has 1 amide bonds. The van der Waals surface area contributed by atoms with Gasteiger partial charge in [-0.15, -0.1) is 0 Å². The lowest BCUT2D eigenvalue weighted by atomic mass is 9.94. The normalized spacial score (nSPS) is 22.4. The molecule has 2 aliphatic rings. The van der Waals surface area contributed by atoms with Gasteiger partial charge in [0.25, 0.3) is 5.91 Å². The second-order valence-electron chi connectivity index (χ2n) is 9.72. The monoisotopic (exact) mass is 478 g/mol. The number of rotatable bonds is 6. The van der Waals surface area contributed by atoms with Gasteiger partial charge < -0.3 is 14.6 Å². The van der Waals surface area contributed by atoms with E-state index in [1.165, 1.54) is 0 Å². The maximum atomic E-state index is 13.4. The van der Waals surface area contributed by atoms with Gasteiger partial charge in [-0.05, 0) is 56.4 Å². The van der Waals surface area contributed by atoms with Gasteiger partial charge in [-0.1, -0.05) is 42.1 Å². The highest BCUT2D eigenvalue weighted by molar-refractivity contribution is 7.98. The van der Waals surface area contributed by atoms with Crippen LogP contribution in [0.15, 0.2) is 53.7 Å². The van der Waals surface area contributed by atoms with E-state index in [4.69, 9.17) is 4.74 Å². The van der Waals surface area contributed by atoms with Crippen molar-refractivity contribution in [1.29, 1.82) is 0 Å². The molecule has 0 aliphatic carbocycles. The molecule has 34 heavy (non-hydrogen) atoms. The summed E-state index contributed by atoms with van der Waals surface area (Å²) in [5.74, 6) is 1.53. The zero-order chi connectivity index (χ0) is 23.5. The van der Waals surface area contributed by atoms with E-state index in [1.54, 1.807) is 11.8 Å². The number of amides is 1. The zero-order valence-electron chi connectivity index (χ0n) is 20.1. The van der Waals surface area contributed by atoms with Gasteiger partial charge in [0.2, 0.25) is 0 Å². The molecule has 3 heterocycles. The molecule has 180 valence electrons. The average Bonchev–Trinajstić information content (AvgIpc) is 3.25. The summed E-state index contributed by atoms with van der Waals surface area (Å²) in [6.45, 7) is 9.14. The first-order valence-corrected chi connectivity index (χ1v) is 13.4. The highest BCUT2D eigenvalue weighted by atomic mass is 32.2. The van der Waals surface area contributed by atoms with E-state index < -0.39 is 0 Å². The molecule has 2 fully saturated rings. The predicted octanol–water partition coefficient (Wildman–Crippen LogP) is 4.82. The molecule has 0 spiro atoms. The van der Waals surface area contributed by atoms with Crippen molar-refractivity contribution in [2.45, 2.75) is 49.8 Å². The number of carbonyl (C=O) groups excluding carboxylic acids is 1. The molecular weight excluding hydrogens is 444 g/mol. The fraction of sp³-hybridized carbons (Fsp3) is 0.481. The Hall–Kier alpha value is -2.35. The Morgan fingerprint density at radius 1 is 1.06 bits per heavy atom. The second-order valence-corrected chi connectivity index (χ2v) is 10.7. The van der Waals surface area contributed by atoms with Crippen LogP contribution in [0.3, 0.4) is 0 Å². The fourth-order valence-electron chi connectivity index (χ4n) is 5.29. The molecule has 3 aromatic rings. The van der Waals surface area contributed by atoms with E-state index >= 15 is 0 Å². The molecule has 2 saturated heterocycles. The Morgan fingerprint density at radius 2 is 1.76 bits per heavy atom. The fourth-order valence-corrected chi connectivity index (χ4v) is 6.18. The van der Waals surface area contributed by atoms with Crippen molar-refractivity contribution >= 4 is 28.7 Å². The average molecular weight is 479 g/mol. The van der Waals surface area contributed by atoms with Gasteiger partial charge in [0.05, 0.1) is 23.2 Å². The van der Waals surface area contributed by atoms with E-state index in [1.807, 2.05) is 47.4 Å². The molecule has 2 aromatic carbocycles. The lowest BCUT2D eigenvalue weighted by Crippen LogP contribution is -2.48. The first kappa shape index (κ1) is 23.4. The number of piperidine rings is 1. The third kappa shape index (κ3) is 5.48. The highest BCUT2D eigenvalue weighted by Crippen LogP contribution is 2.27. The Bertz CT molecular complexity index is 1080. The molecule has 2 aliphatic heterocycles. The number of likely N-dealkylation sites (tertiary alicyclic amines) is 1. The number of nitrogens with zero attached hydrogens (tertiary/aromatic N) is 3. The van der Waals surface area contributed by atoms with E-state index in [2.05, 4.69) is 34.8 Å². The van der Waals surface area contributed by atoms with Crippen LogP contribution >= 0.6 is 11.8 Å². The number of ether oxygens (including phenoxy) is 1. The van der Waals surface area contributed by atoms with Crippen molar-refractivity contribution in [2.75, 3.05) is 32.7 Å². The topological polar surface area (TPSA) is 61.5 Å². The highest BCUT2D eigenvalue weighted by Gasteiger charge is 2.28. The van der Waals surface area contributed by atoms with Crippen molar-refractivity contribution in [3.63, 3.8) is 0 Å². The number of H-pyrrole nitrogens is 1. The lowest BCUT2D eigenvalue weighted by molar-refractivity contribution is -0.0728. The Morgan fingerprint density at radius 3 is 2.53 bits per heavy atom. The summed E-state index contributed by atoms with van der Waals surface area (Å²) in [4.78, 5) is 26.0. The van der Waals surface area contributed by atoms with Crippen LogP contribution in [0, 0.1) is 5.92 Å². The van der Waals surface area contributed by atoms with Gasteiger partial charge in [0, 0.05) is 44.0 Å². The number of aromatic amines is 1. The summed E-state index contributed by atoms with van der Waals surface area (Å²) >= 11 is 1.64. The molecule has 0 saturated carbocycles. The molecule has 2 unspecified atom stereocenters. The minimum absolute atomic E-state index is 0.160. The maximum Gasteiger partial charge on any atom is 0.254 e. The number of carbonyl (C=O) groups is 1. The van der Waals surface area contributed by atoms with E-state index in [-0.39, 0.29) is 5.91 Å². The number of imidazole rings is 1. The van der Waals surface area contributed by atoms with Crippen LogP contribution in [0.5, 0.6) is 0 Å². The molecule has 2 atom stereocenters. The molecule has 0 radical (unpaired) electrons. The van der Waals surface area contributed by atoms with Crippen molar-refractivity contribution in [3.05, 3.63) is 59.7 Å². The molecule has 7 heteroatoms. The summed E-state index contributed by atoms with van der Waals surface area (Å²) < 4.78 is 5.88. The number of hydrogen-bond donors (Lipinski definition) is 1. The van der Waals surface area contributed by atoms with Crippen molar-refractivity contribution in [1.82, 2.24) is 19.8 Å². The molecule has 6 nitrogen and oxygen atoms in total. The number of para-hydroxylation sites is 2. The van der Waals surface area contributed by atoms with E-state index in [0.717, 1.165) is 72.9 Å². The van der Waals surface area contributed by atoms with Crippen LogP contribution in [-0.2, 0) is 10.5 Å². The third-order valence-corrected chi connectivity index (χ3v) is 7.82. The first-order valence-electron chi connectivity index (χ1n) is 12.4. The van der Waals surface area contributed by atoms with Crippen LogP contribution in [0.2, 0.25) is 0 Å². The summed E-state index contributed by atoms with van der Waals surface area (Å²) in [5, 5.41) is 0.885. The second kappa shape index (κ2) is 10.5. The van der Waals surface area contributed by atoms with Crippen LogP contribution in [-0.4, -0.2) is 70.6 Å². The van der Waals surface area contributed by atoms with Gasteiger partial charge in [-0.3, -0.25) is 9.69 Å². The van der Waals surface area contributed by atoms with Crippen molar-refractivity contribution < 1.29 is 9.53 Å². The summed E-state index contributed by atoms with van der Waals surface area (Å²) in [7, 11) is 0. The molecule has 1 N–H and O–H groups in total. The molecule has 0 bridgehead atoms. The Balaban J connectivity index is 1.17. The predicted molar refractivity (Wildman–Crippen MR) is 137 cm³/mol. The Labute approximate surface area is 206 Å². The van der Waals surface area contributed by atoms with Crippen LogP contribution in [0.25, 0.3) is 11.0 Å². The zero-order valence-corrected chi connectivity index (χ0v) is 20.9. The molecule has 5 rings (SSSR count). The smallest absolute Gasteiger partial charge is 0.254 e. The van der Waals surface area contributed by atoms with Gasteiger partial charge >= 0.3 is 0 Å². The third-order valence-electron chi connectivity index (χ3n) is 6.89. The minimum atomic E-state index is 0.160. The minimum Gasteiger partial charge on any atom is -0.373 e. The van der Waals surface area contributed by atoms with Crippen molar-refractivity contribution in [2.24, 2.45) is 5.92 Å². The summed E-state index contributed by atoms with van der Waals surface area (Å²) in [5.41, 5.74) is 3.90. The van der Waals surface area contributed by atoms with Gasteiger partial charge in [-0.2, -0.15) is 0 Å². The summed E-state index contributed by atoms with van der Waals surface area (Å²) in [6, 6.07) is 16.1. The van der Waals surface area contributed by atoms with Gasteiger partial charge in [-0.25, -0.2) is 4.98 Å². The SMILES string of the molecule is CC1CN(CC2CCN(C(=O)c3ccccc3CSc3nc4ccccc4[nH]3)CC2)CC(C)O1. The van der Waals surface area contributed by atoms with Gasteiger partial charge in [0.15, 0.2) is 5.16 Å². The Kier molecular flexibility index (Phi) is 7.23. The standard InChI is InChI=1S/C27H34N4O2S/c1-19-15-30(16-20(2)33-19)17-21-11-13-31(14-12-21)26(32)23-8-4-3-7-22(23)18-34-27-28-24-9-5-6-10-25(24)29-27/h3-10,19-21H,11-18H2,1-2H3,(H,28,29). The first-order chi connectivity index (χ1) is 16.5. The molecular formula is C27H34N4O2S. The van der Waals surface area contributed by atoms with Gasteiger partial charge in [0.1, 0.15) is 0 Å². The number of fused-ring (bicyclic) bond motifs is 1. The number of aromatic nitrogens is 2. The lowest BCUT2D eigenvalue weighted by Gasteiger charge is -2.39. The van der Waals surface area contributed by atoms with Crippen LogP contribution in [0.4, 0.5) is 0 Å². The summed E-state index contributed by atoms with van der Waals surface area (Å²) in [6.07, 6.45) is 2.75. The van der Waals surface area contributed by atoms with E-state index in [9.17, 15) is 4.79 Å². The maximum absolute atomic E-state index is 13.4. The molecule has 1 aromatic heterocycles. The number of morpholine rings is 1.